The Bertz CT molecular complexity index is 737. The van der Waals surface area contributed by atoms with Crippen molar-refractivity contribution in [3.05, 3.63) is 41.3 Å². The number of hydrogen-bond acceptors (Lipinski definition) is 8. The minimum atomic E-state index is -0.615. The number of esters is 2. The number of carbonyl (C=O) groups excluding carboxylic acids is 2. The van der Waals surface area contributed by atoms with E-state index < -0.39 is 11.9 Å². The molecule has 8 heteroatoms. The molecule has 25 heavy (non-hydrogen) atoms. The molecule has 0 saturated carbocycles. The summed E-state index contributed by atoms with van der Waals surface area (Å²) in [6, 6.07) is 5.92. The quantitative estimate of drug-likeness (QED) is 0.703. The van der Waals surface area contributed by atoms with Gasteiger partial charge in [-0.25, -0.2) is 9.59 Å². The molecule has 2 rings (SSSR count). The van der Waals surface area contributed by atoms with Gasteiger partial charge in [0, 0.05) is 0 Å². The number of furan rings is 1. The number of rotatable bonds is 7. The molecule has 134 valence electrons. The van der Waals surface area contributed by atoms with Gasteiger partial charge in [-0.2, -0.15) is 0 Å². The summed E-state index contributed by atoms with van der Waals surface area (Å²) in [4.78, 5) is 23.6. The van der Waals surface area contributed by atoms with E-state index in [9.17, 15) is 9.59 Å². The molecule has 0 aliphatic carbocycles. The Kier molecular flexibility index (Phi) is 5.89. The van der Waals surface area contributed by atoms with E-state index >= 15 is 0 Å². The minimum Gasteiger partial charge on any atom is -0.493 e. The Morgan fingerprint density at radius 2 is 1.56 bits per heavy atom. The van der Waals surface area contributed by atoms with Crippen molar-refractivity contribution in [2.24, 2.45) is 0 Å². The third-order valence-electron chi connectivity index (χ3n) is 3.29. The first kappa shape index (κ1) is 18.2. The molecule has 2 aromatic rings. The lowest BCUT2D eigenvalue weighted by Crippen LogP contribution is -2.06. The summed E-state index contributed by atoms with van der Waals surface area (Å²) in [6.07, 6.45) is 0. The SMILES string of the molecule is COC(=O)c1ccc(COC(=O)c2cc(OC)c(OC)c(OC)c2)o1. The maximum absolute atomic E-state index is 12.2. The average molecular weight is 350 g/mol. The van der Waals surface area contributed by atoms with Gasteiger partial charge in [0.1, 0.15) is 12.4 Å². The Morgan fingerprint density at radius 3 is 2.08 bits per heavy atom. The highest BCUT2D eigenvalue weighted by atomic mass is 16.6. The molecule has 0 atom stereocenters. The summed E-state index contributed by atoms with van der Waals surface area (Å²) in [7, 11) is 5.61. The standard InChI is InChI=1S/C17H18O8/c1-20-13-7-10(8-14(21-2)15(13)22-3)16(18)24-9-11-5-6-12(25-11)17(19)23-4/h5-8H,9H2,1-4H3. The molecule has 0 fully saturated rings. The molecule has 0 N–H and O–H groups in total. The molecule has 0 aliphatic rings. The number of ether oxygens (including phenoxy) is 5. The summed E-state index contributed by atoms with van der Waals surface area (Å²) >= 11 is 0. The van der Waals surface area contributed by atoms with Gasteiger partial charge in [-0.05, 0) is 24.3 Å². The predicted molar refractivity (Wildman–Crippen MR) is 85.3 cm³/mol. The normalized spacial score (nSPS) is 10.1. The van der Waals surface area contributed by atoms with Crippen molar-refractivity contribution in [3.63, 3.8) is 0 Å². The number of hydrogen-bond donors (Lipinski definition) is 0. The highest BCUT2D eigenvalue weighted by molar-refractivity contribution is 5.91. The van der Waals surface area contributed by atoms with Gasteiger partial charge in [0.05, 0.1) is 34.0 Å². The Labute approximate surface area is 144 Å². The van der Waals surface area contributed by atoms with Crippen LogP contribution in [0.5, 0.6) is 17.2 Å². The fraction of sp³-hybridized carbons (Fsp3) is 0.294. The van der Waals surface area contributed by atoms with Crippen LogP contribution in [0.25, 0.3) is 0 Å². The zero-order valence-electron chi connectivity index (χ0n) is 14.3. The van der Waals surface area contributed by atoms with Crippen LogP contribution in [0.3, 0.4) is 0 Å². The highest BCUT2D eigenvalue weighted by Crippen LogP contribution is 2.38. The van der Waals surface area contributed by atoms with Crippen molar-refractivity contribution >= 4 is 11.9 Å². The maximum Gasteiger partial charge on any atom is 0.373 e. The van der Waals surface area contributed by atoms with Crippen LogP contribution in [0.4, 0.5) is 0 Å². The van der Waals surface area contributed by atoms with Crippen molar-refractivity contribution < 1.29 is 37.7 Å². The van der Waals surface area contributed by atoms with Crippen molar-refractivity contribution in [3.8, 4) is 17.2 Å². The fourth-order valence-corrected chi connectivity index (χ4v) is 2.08. The second-order valence-corrected chi connectivity index (χ2v) is 4.75. The molecule has 0 amide bonds. The second-order valence-electron chi connectivity index (χ2n) is 4.75. The maximum atomic E-state index is 12.2. The largest absolute Gasteiger partial charge is 0.493 e. The number of carbonyl (C=O) groups is 2. The topological polar surface area (TPSA) is 93.4 Å². The number of benzene rings is 1. The van der Waals surface area contributed by atoms with Crippen LogP contribution < -0.4 is 14.2 Å². The Hall–Kier alpha value is -3.16. The van der Waals surface area contributed by atoms with Gasteiger partial charge in [0.25, 0.3) is 0 Å². The first-order valence-corrected chi connectivity index (χ1v) is 7.18. The summed E-state index contributed by atoms with van der Waals surface area (Å²) < 4.78 is 30.5. The predicted octanol–water partition coefficient (Wildman–Crippen LogP) is 2.45. The molecule has 0 bridgehead atoms. The zero-order valence-corrected chi connectivity index (χ0v) is 14.3. The van der Waals surface area contributed by atoms with E-state index in [1.807, 2.05) is 0 Å². The molecule has 0 aliphatic heterocycles. The third kappa shape index (κ3) is 4.03. The molecular weight excluding hydrogens is 332 g/mol. The first-order chi connectivity index (χ1) is 12.0. The van der Waals surface area contributed by atoms with Gasteiger partial charge in [0.2, 0.25) is 11.5 Å². The van der Waals surface area contributed by atoms with Crippen LogP contribution in [-0.2, 0) is 16.1 Å². The Morgan fingerprint density at radius 1 is 0.920 bits per heavy atom. The van der Waals surface area contributed by atoms with E-state index in [2.05, 4.69) is 4.74 Å². The van der Waals surface area contributed by atoms with Gasteiger partial charge < -0.3 is 28.1 Å². The van der Waals surface area contributed by atoms with E-state index in [0.717, 1.165) is 0 Å². The van der Waals surface area contributed by atoms with Crippen LogP contribution >= 0.6 is 0 Å². The monoisotopic (exact) mass is 350 g/mol. The van der Waals surface area contributed by atoms with Crippen LogP contribution in [-0.4, -0.2) is 40.4 Å². The third-order valence-corrected chi connectivity index (χ3v) is 3.29. The van der Waals surface area contributed by atoms with Crippen molar-refractivity contribution in [1.29, 1.82) is 0 Å². The lowest BCUT2D eigenvalue weighted by atomic mass is 10.2. The van der Waals surface area contributed by atoms with E-state index in [1.54, 1.807) is 0 Å². The summed E-state index contributed by atoms with van der Waals surface area (Å²) in [5, 5.41) is 0. The lowest BCUT2D eigenvalue weighted by molar-refractivity contribution is 0.0437. The smallest absolute Gasteiger partial charge is 0.373 e. The first-order valence-electron chi connectivity index (χ1n) is 7.18. The molecule has 8 nitrogen and oxygen atoms in total. The van der Waals surface area contributed by atoms with E-state index in [0.29, 0.717) is 23.0 Å². The Balaban J connectivity index is 2.13. The van der Waals surface area contributed by atoms with Gasteiger partial charge in [-0.3, -0.25) is 0 Å². The van der Waals surface area contributed by atoms with Crippen LogP contribution in [0, 0.1) is 0 Å². The molecule has 1 aromatic carbocycles. The summed E-state index contributed by atoms with van der Waals surface area (Å²) in [5.74, 6) is 0.148. The van der Waals surface area contributed by atoms with E-state index in [-0.39, 0.29) is 17.9 Å². The molecule has 0 unspecified atom stereocenters. The molecule has 0 saturated heterocycles. The van der Waals surface area contributed by atoms with Crippen LogP contribution in [0.1, 0.15) is 26.7 Å². The van der Waals surface area contributed by atoms with E-state index in [1.165, 1.54) is 52.7 Å². The molecule has 0 spiro atoms. The summed E-state index contributed by atoms with van der Waals surface area (Å²) in [5.41, 5.74) is 0.217. The van der Waals surface area contributed by atoms with Crippen molar-refractivity contribution in [2.45, 2.75) is 6.61 Å². The molecular formula is C17H18O8. The van der Waals surface area contributed by atoms with Gasteiger partial charge >= 0.3 is 11.9 Å². The minimum absolute atomic E-state index is 0.0290. The van der Waals surface area contributed by atoms with Crippen molar-refractivity contribution in [1.82, 2.24) is 0 Å². The molecule has 1 aromatic heterocycles. The van der Waals surface area contributed by atoms with Crippen molar-refractivity contribution in [2.75, 3.05) is 28.4 Å². The summed E-state index contributed by atoms with van der Waals surface area (Å²) in [6.45, 7) is -0.146. The number of methoxy groups -OCH3 is 4. The zero-order chi connectivity index (χ0) is 18.4. The molecule has 1 heterocycles. The van der Waals surface area contributed by atoms with E-state index in [4.69, 9.17) is 23.4 Å². The van der Waals surface area contributed by atoms with Crippen LogP contribution in [0.2, 0.25) is 0 Å². The van der Waals surface area contributed by atoms with Gasteiger partial charge in [0.15, 0.2) is 11.5 Å². The molecule has 0 radical (unpaired) electrons. The average Bonchev–Trinajstić information content (AvgIpc) is 3.13. The fourth-order valence-electron chi connectivity index (χ4n) is 2.08. The lowest BCUT2D eigenvalue weighted by Gasteiger charge is -2.13. The highest BCUT2D eigenvalue weighted by Gasteiger charge is 2.19. The van der Waals surface area contributed by atoms with Crippen LogP contribution in [0.15, 0.2) is 28.7 Å². The van der Waals surface area contributed by atoms with Gasteiger partial charge in [-0.15, -0.1) is 0 Å². The second kappa shape index (κ2) is 8.09. The van der Waals surface area contributed by atoms with Gasteiger partial charge in [-0.1, -0.05) is 0 Å².